The van der Waals surface area contributed by atoms with Crippen LogP contribution in [-0.4, -0.2) is 52.6 Å². The minimum atomic E-state index is -3.44. The zero-order valence-corrected chi connectivity index (χ0v) is 16.9. The Morgan fingerprint density at radius 1 is 1.15 bits per heavy atom. The average Bonchev–Trinajstić information content (AvgIpc) is 2.61. The molecule has 0 aliphatic carbocycles. The highest BCUT2D eigenvalue weighted by Gasteiger charge is 2.11. The van der Waals surface area contributed by atoms with Gasteiger partial charge in [0.15, 0.2) is 0 Å². The molecule has 0 spiro atoms. The molecule has 0 fully saturated rings. The van der Waals surface area contributed by atoms with Crippen molar-refractivity contribution in [3.05, 3.63) is 45.7 Å². The molecule has 1 aromatic heterocycles. The van der Waals surface area contributed by atoms with Crippen LogP contribution in [0.3, 0.4) is 0 Å². The van der Waals surface area contributed by atoms with E-state index in [2.05, 4.69) is 29.6 Å². The van der Waals surface area contributed by atoms with E-state index in [9.17, 15) is 13.2 Å². The molecule has 0 saturated heterocycles. The van der Waals surface area contributed by atoms with Gasteiger partial charge in [0.2, 0.25) is 10.0 Å². The van der Waals surface area contributed by atoms with E-state index >= 15 is 0 Å². The second kappa shape index (κ2) is 9.98. The van der Waals surface area contributed by atoms with Crippen molar-refractivity contribution in [3.8, 4) is 0 Å². The number of rotatable bonds is 11. The Kier molecular flexibility index (Phi) is 7.97. The predicted molar refractivity (Wildman–Crippen MR) is 107 cm³/mol. The number of fused-ring (bicyclic) bond motifs is 1. The Morgan fingerprint density at radius 3 is 2.63 bits per heavy atom. The molecule has 0 aliphatic rings. The molecule has 150 valence electrons. The number of sulfonamides is 1. The van der Waals surface area contributed by atoms with Crippen LogP contribution in [0.15, 0.2) is 29.1 Å². The number of pyridine rings is 1. The van der Waals surface area contributed by atoms with Crippen LogP contribution >= 0.6 is 0 Å². The third kappa shape index (κ3) is 6.73. The zero-order valence-electron chi connectivity index (χ0n) is 16.1. The van der Waals surface area contributed by atoms with Gasteiger partial charge in [-0.1, -0.05) is 19.9 Å². The molecular formula is C19H28N2O5S. The van der Waals surface area contributed by atoms with Crippen molar-refractivity contribution in [3.63, 3.8) is 0 Å². The quantitative estimate of drug-likeness (QED) is 0.564. The van der Waals surface area contributed by atoms with Crippen LogP contribution in [0.1, 0.15) is 30.9 Å². The highest BCUT2D eigenvalue weighted by molar-refractivity contribution is 7.89. The van der Waals surface area contributed by atoms with Crippen molar-refractivity contribution in [2.45, 2.75) is 26.2 Å². The molecule has 0 saturated carbocycles. The molecule has 0 aliphatic heterocycles. The third-order valence-corrected chi connectivity index (χ3v) is 5.60. The van der Waals surface area contributed by atoms with Crippen molar-refractivity contribution in [2.24, 2.45) is 0 Å². The van der Waals surface area contributed by atoms with Gasteiger partial charge in [-0.25, -0.2) is 13.1 Å². The van der Waals surface area contributed by atoms with Crippen LogP contribution in [0, 0.1) is 0 Å². The van der Waals surface area contributed by atoms with Crippen LogP contribution in [0.2, 0.25) is 0 Å². The highest BCUT2D eigenvalue weighted by atomic mass is 32.2. The van der Waals surface area contributed by atoms with Crippen molar-refractivity contribution in [1.82, 2.24) is 9.71 Å². The maximum atomic E-state index is 12.2. The van der Waals surface area contributed by atoms with Crippen LogP contribution in [0.4, 0.5) is 0 Å². The fourth-order valence-corrected chi connectivity index (χ4v) is 3.54. The summed E-state index contributed by atoms with van der Waals surface area (Å²) in [6.45, 7) is 5.28. The van der Waals surface area contributed by atoms with E-state index in [0.29, 0.717) is 31.1 Å². The Hall–Kier alpha value is -1.74. The summed E-state index contributed by atoms with van der Waals surface area (Å²) in [6, 6.07) is 7.80. The number of aromatic nitrogens is 1. The van der Waals surface area contributed by atoms with Crippen molar-refractivity contribution >= 4 is 20.9 Å². The van der Waals surface area contributed by atoms with Gasteiger partial charge in [0.25, 0.3) is 5.56 Å². The van der Waals surface area contributed by atoms with E-state index < -0.39 is 10.0 Å². The molecule has 2 N–H and O–H groups in total. The van der Waals surface area contributed by atoms with Crippen LogP contribution in [0.25, 0.3) is 10.9 Å². The summed E-state index contributed by atoms with van der Waals surface area (Å²) < 4.78 is 36.4. The van der Waals surface area contributed by atoms with Gasteiger partial charge in [-0.05, 0) is 41.5 Å². The van der Waals surface area contributed by atoms with Crippen LogP contribution in [0.5, 0.6) is 0 Å². The summed E-state index contributed by atoms with van der Waals surface area (Å²) >= 11 is 0. The average molecular weight is 397 g/mol. The lowest BCUT2D eigenvalue weighted by atomic mass is 10.0. The summed E-state index contributed by atoms with van der Waals surface area (Å²) in [4.78, 5) is 15.1. The molecule has 27 heavy (non-hydrogen) atoms. The molecule has 7 nitrogen and oxygen atoms in total. The fraction of sp³-hybridized carbons (Fsp3) is 0.526. The summed E-state index contributed by atoms with van der Waals surface area (Å²) in [6.07, 6.45) is 0.320. The van der Waals surface area contributed by atoms with Crippen LogP contribution in [-0.2, 0) is 25.9 Å². The molecular weight excluding hydrogens is 368 g/mol. The van der Waals surface area contributed by atoms with Gasteiger partial charge in [0.05, 0.1) is 25.6 Å². The highest BCUT2D eigenvalue weighted by Crippen LogP contribution is 2.20. The van der Waals surface area contributed by atoms with Crippen molar-refractivity contribution < 1.29 is 17.9 Å². The number of H-pyrrole nitrogens is 1. The lowest BCUT2D eigenvalue weighted by molar-refractivity contribution is 0.0784. The summed E-state index contributed by atoms with van der Waals surface area (Å²) in [5.74, 6) is 0.269. The Balaban J connectivity index is 1.95. The van der Waals surface area contributed by atoms with E-state index in [1.54, 1.807) is 7.11 Å². The van der Waals surface area contributed by atoms with Crippen molar-refractivity contribution in [2.75, 3.05) is 39.2 Å². The summed E-state index contributed by atoms with van der Waals surface area (Å²) in [5.41, 5.74) is 2.33. The van der Waals surface area contributed by atoms with E-state index in [-0.39, 0.29) is 24.5 Å². The molecule has 2 rings (SSSR count). The maximum Gasteiger partial charge on any atom is 0.251 e. The molecule has 1 aromatic carbocycles. The predicted octanol–water partition coefficient (Wildman–Crippen LogP) is 1.78. The molecule has 8 heteroatoms. The molecule has 0 bridgehead atoms. The molecule has 0 unspecified atom stereocenters. The number of ether oxygens (including phenoxy) is 2. The first-order valence-electron chi connectivity index (χ1n) is 9.02. The number of hydrogen-bond acceptors (Lipinski definition) is 5. The van der Waals surface area contributed by atoms with Gasteiger partial charge in [0.1, 0.15) is 0 Å². The van der Waals surface area contributed by atoms with E-state index in [1.165, 1.54) is 5.56 Å². The normalized spacial score (nSPS) is 12.1. The number of aromatic amines is 1. The fourth-order valence-electron chi connectivity index (χ4n) is 2.64. The van der Waals surface area contributed by atoms with Gasteiger partial charge in [0, 0.05) is 24.7 Å². The molecule has 0 amide bonds. The second-order valence-corrected chi connectivity index (χ2v) is 8.62. The third-order valence-electron chi connectivity index (χ3n) is 4.26. The van der Waals surface area contributed by atoms with Gasteiger partial charge in [-0.3, -0.25) is 4.79 Å². The molecule has 0 radical (unpaired) electrons. The largest absolute Gasteiger partial charge is 0.382 e. The molecule has 0 atom stereocenters. The number of hydrogen-bond donors (Lipinski definition) is 2. The van der Waals surface area contributed by atoms with E-state index in [4.69, 9.17) is 9.47 Å². The Bertz CT molecular complexity index is 906. The molecule has 2 aromatic rings. The minimum Gasteiger partial charge on any atom is -0.382 e. The lowest BCUT2D eigenvalue weighted by Crippen LogP contribution is -2.31. The van der Waals surface area contributed by atoms with E-state index in [1.807, 2.05) is 18.2 Å². The maximum absolute atomic E-state index is 12.2. The van der Waals surface area contributed by atoms with Crippen molar-refractivity contribution in [1.29, 1.82) is 0 Å². The van der Waals surface area contributed by atoms with Gasteiger partial charge < -0.3 is 14.5 Å². The Morgan fingerprint density at radius 2 is 1.93 bits per heavy atom. The first kappa shape index (κ1) is 21.6. The number of methoxy groups -OCH3 is 1. The standard InChI is InChI=1S/C19H28N2O5S/c1-14(2)15-4-5-18-17(12-15)13-16(19(22)21-18)6-7-20-27(23,24)11-10-26-9-8-25-3/h4-5,12-14,20H,6-11H2,1-3H3,(H,21,22). The number of nitrogens with one attached hydrogen (secondary N) is 2. The Labute approximate surface area is 160 Å². The minimum absolute atomic E-state index is 0.104. The number of benzene rings is 1. The SMILES string of the molecule is COCCOCCS(=O)(=O)NCCc1cc2cc(C(C)C)ccc2[nH]c1=O. The zero-order chi connectivity index (χ0) is 19.9. The molecule has 1 heterocycles. The first-order valence-corrected chi connectivity index (χ1v) is 10.7. The van der Waals surface area contributed by atoms with Gasteiger partial charge >= 0.3 is 0 Å². The van der Waals surface area contributed by atoms with E-state index in [0.717, 1.165) is 10.9 Å². The van der Waals surface area contributed by atoms with Gasteiger partial charge in [-0.2, -0.15) is 0 Å². The van der Waals surface area contributed by atoms with Gasteiger partial charge in [-0.15, -0.1) is 0 Å². The topological polar surface area (TPSA) is 97.5 Å². The second-order valence-electron chi connectivity index (χ2n) is 6.69. The lowest BCUT2D eigenvalue weighted by Gasteiger charge is -2.09. The van der Waals surface area contributed by atoms with Crippen LogP contribution < -0.4 is 10.3 Å². The summed E-state index contributed by atoms with van der Waals surface area (Å²) in [7, 11) is -1.88. The smallest absolute Gasteiger partial charge is 0.251 e. The summed E-state index contributed by atoms with van der Waals surface area (Å²) in [5, 5.41) is 0.949. The monoisotopic (exact) mass is 396 g/mol. The first-order chi connectivity index (χ1) is 12.8.